The molecule has 0 radical (unpaired) electrons. The molecule has 1 N–H and O–H groups in total. The van der Waals surface area contributed by atoms with E-state index in [0.717, 1.165) is 12.1 Å². The summed E-state index contributed by atoms with van der Waals surface area (Å²) < 4.78 is 33.3. The number of nitrogens with one attached hydrogen (secondary N) is 1. The van der Waals surface area contributed by atoms with Crippen molar-refractivity contribution >= 4 is 33.7 Å². The maximum absolute atomic E-state index is 12.4. The summed E-state index contributed by atoms with van der Waals surface area (Å²) in [7, 11) is 0. The third-order valence-electron chi connectivity index (χ3n) is 4.33. The Morgan fingerprint density at radius 1 is 1.50 bits per heavy atom. The predicted molar refractivity (Wildman–Crippen MR) is 109 cm³/mol. The largest absolute Gasteiger partial charge is 0.437 e. The molecule has 1 aromatic carbocycles. The molecule has 2 aromatic rings. The Morgan fingerprint density at radius 3 is 2.93 bits per heavy atom. The molecule has 1 fully saturated rings. The van der Waals surface area contributed by atoms with Crippen molar-refractivity contribution in [3.8, 4) is 5.75 Å². The molecule has 1 aliphatic rings. The van der Waals surface area contributed by atoms with Crippen molar-refractivity contribution in [2.45, 2.75) is 32.7 Å². The summed E-state index contributed by atoms with van der Waals surface area (Å²) in [5.74, 6) is 1.43. The number of rotatable bonds is 10. The van der Waals surface area contributed by atoms with Gasteiger partial charge in [0.2, 0.25) is 5.88 Å². The number of allylic oxidation sites excluding steroid dienone is 1. The van der Waals surface area contributed by atoms with Crippen LogP contribution in [0.1, 0.15) is 19.8 Å². The zero-order chi connectivity index (χ0) is 20.1. The van der Waals surface area contributed by atoms with Crippen molar-refractivity contribution in [3.63, 3.8) is 0 Å². The van der Waals surface area contributed by atoms with Crippen LogP contribution < -0.4 is 10.1 Å². The molecule has 150 valence electrons. The number of alkyl halides is 2. The summed E-state index contributed by atoms with van der Waals surface area (Å²) >= 11 is 3.54. The molecular formula is C19H22BrF2N5O. The smallest absolute Gasteiger partial charge is 0.250 e. The molecule has 0 aliphatic heterocycles. The minimum atomic E-state index is -2.43. The highest BCUT2D eigenvalue weighted by Gasteiger charge is 2.24. The van der Waals surface area contributed by atoms with Gasteiger partial charge in [0.25, 0.3) is 6.43 Å². The van der Waals surface area contributed by atoms with Gasteiger partial charge in [0, 0.05) is 18.7 Å². The van der Waals surface area contributed by atoms with Crippen molar-refractivity contribution in [3.05, 3.63) is 40.2 Å². The van der Waals surface area contributed by atoms with E-state index in [0.29, 0.717) is 27.2 Å². The van der Waals surface area contributed by atoms with Crippen LogP contribution in [0.5, 0.6) is 5.75 Å². The Balaban J connectivity index is 1.85. The number of benzene rings is 1. The molecule has 1 aliphatic carbocycles. The first kappa shape index (κ1) is 20.6. The maximum atomic E-state index is 12.4. The second-order valence-electron chi connectivity index (χ2n) is 6.57. The number of nitrogens with zero attached hydrogens (tertiary/aromatic N) is 4. The molecule has 3 rings (SSSR count). The molecule has 1 aromatic heterocycles. The first-order chi connectivity index (χ1) is 13.5. The van der Waals surface area contributed by atoms with Crippen LogP contribution in [0.3, 0.4) is 0 Å². The third kappa shape index (κ3) is 5.02. The van der Waals surface area contributed by atoms with Gasteiger partial charge in [0.15, 0.2) is 0 Å². The molecule has 28 heavy (non-hydrogen) atoms. The molecule has 9 heteroatoms. The molecule has 0 amide bonds. The average Bonchev–Trinajstić information content (AvgIpc) is 3.39. The van der Waals surface area contributed by atoms with E-state index in [1.54, 1.807) is 12.2 Å². The number of hydrogen-bond acceptors (Lipinski definition) is 5. The lowest BCUT2D eigenvalue weighted by atomic mass is 10.2. The minimum absolute atomic E-state index is 0.181. The maximum Gasteiger partial charge on any atom is 0.250 e. The number of aliphatic imine (C=N–C) groups is 1. The van der Waals surface area contributed by atoms with Crippen LogP contribution in [0.15, 0.2) is 45.2 Å². The van der Waals surface area contributed by atoms with Crippen LogP contribution in [-0.4, -0.2) is 41.2 Å². The van der Waals surface area contributed by atoms with Gasteiger partial charge in [-0.15, -0.1) is 5.10 Å². The van der Waals surface area contributed by atoms with Crippen LogP contribution in [0, 0.1) is 5.92 Å². The SMILES string of the molecule is C=N/C(Oc1ccc2c(nnn2CC2CC2)c1Br)=C(\C=C/C)CNCC(F)F. The Hall–Kier alpha value is -2.13. The van der Waals surface area contributed by atoms with E-state index in [4.69, 9.17) is 4.74 Å². The van der Waals surface area contributed by atoms with Gasteiger partial charge in [0.1, 0.15) is 11.3 Å². The lowest BCUT2D eigenvalue weighted by Gasteiger charge is -2.12. The summed E-state index contributed by atoms with van der Waals surface area (Å²) in [6, 6.07) is 3.72. The van der Waals surface area contributed by atoms with Crippen molar-refractivity contribution in [1.29, 1.82) is 0 Å². The number of fused-ring (bicyclic) bond motifs is 1. The number of hydrogen-bond donors (Lipinski definition) is 1. The van der Waals surface area contributed by atoms with Crippen molar-refractivity contribution in [2.75, 3.05) is 13.1 Å². The fraction of sp³-hybridized carbons (Fsp3) is 0.421. The van der Waals surface area contributed by atoms with Crippen LogP contribution in [-0.2, 0) is 6.54 Å². The lowest BCUT2D eigenvalue weighted by molar-refractivity contribution is 0.147. The highest BCUT2D eigenvalue weighted by atomic mass is 79.9. The van der Waals surface area contributed by atoms with E-state index in [1.165, 1.54) is 12.8 Å². The monoisotopic (exact) mass is 453 g/mol. The van der Waals surface area contributed by atoms with E-state index in [2.05, 4.69) is 43.3 Å². The van der Waals surface area contributed by atoms with Crippen LogP contribution in [0.4, 0.5) is 8.78 Å². The van der Waals surface area contributed by atoms with Gasteiger partial charge in [-0.3, -0.25) is 0 Å². The van der Waals surface area contributed by atoms with E-state index in [9.17, 15) is 8.78 Å². The number of halogens is 3. The van der Waals surface area contributed by atoms with Gasteiger partial charge in [-0.05, 0) is 60.5 Å². The summed E-state index contributed by atoms with van der Waals surface area (Å²) in [4.78, 5) is 3.94. The quantitative estimate of drug-likeness (QED) is 0.330. The zero-order valence-corrected chi connectivity index (χ0v) is 17.1. The molecule has 0 unspecified atom stereocenters. The van der Waals surface area contributed by atoms with E-state index < -0.39 is 13.0 Å². The predicted octanol–water partition coefficient (Wildman–Crippen LogP) is 4.33. The Labute approximate surface area is 170 Å². The van der Waals surface area contributed by atoms with E-state index in [1.807, 2.05) is 23.7 Å². The van der Waals surface area contributed by atoms with Gasteiger partial charge in [-0.2, -0.15) is 0 Å². The van der Waals surface area contributed by atoms with Crippen molar-refractivity contribution < 1.29 is 13.5 Å². The van der Waals surface area contributed by atoms with Gasteiger partial charge < -0.3 is 10.1 Å². The van der Waals surface area contributed by atoms with E-state index >= 15 is 0 Å². The number of ether oxygens (including phenoxy) is 1. The summed E-state index contributed by atoms with van der Waals surface area (Å²) in [6.07, 6.45) is 3.57. The lowest BCUT2D eigenvalue weighted by Crippen LogP contribution is -2.24. The Kier molecular flexibility index (Phi) is 6.90. The molecule has 0 saturated heterocycles. The fourth-order valence-electron chi connectivity index (χ4n) is 2.77. The first-order valence-corrected chi connectivity index (χ1v) is 9.83. The molecule has 0 atom stereocenters. The van der Waals surface area contributed by atoms with E-state index in [-0.39, 0.29) is 12.4 Å². The average molecular weight is 454 g/mol. The normalized spacial score (nSPS) is 15.5. The highest BCUT2D eigenvalue weighted by molar-refractivity contribution is 9.10. The Bertz CT molecular complexity index is 905. The standard InChI is InChI=1S/C19H22BrF2N5O/c1-3-4-13(9-24-10-16(21)22)19(23-2)28-15-8-7-14-18(17(15)20)25-26-27(14)11-12-5-6-12/h3-4,7-8,12,16,24H,2,5-6,9-11H2,1H3/b4-3-,19-13-. The molecular weight excluding hydrogens is 432 g/mol. The summed E-state index contributed by atoms with van der Waals surface area (Å²) in [5.41, 5.74) is 2.24. The summed E-state index contributed by atoms with van der Waals surface area (Å²) in [6.45, 7) is 6.01. The molecule has 1 heterocycles. The van der Waals surface area contributed by atoms with Gasteiger partial charge in [-0.1, -0.05) is 17.4 Å². The Morgan fingerprint density at radius 2 is 2.29 bits per heavy atom. The molecule has 6 nitrogen and oxygen atoms in total. The topological polar surface area (TPSA) is 64.3 Å². The second-order valence-corrected chi connectivity index (χ2v) is 7.37. The van der Waals surface area contributed by atoms with Gasteiger partial charge in [0.05, 0.1) is 16.5 Å². The minimum Gasteiger partial charge on any atom is -0.437 e. The fourth-order valence-corrected chi connectivity index (χ4v) is 3.27. The first-order valence-electron chi connectivity index (χ1n) is 9.04. The van der Waals surface area contributed by atoms with Gasteiger partial charge >= 0.3 is 0 Å². The van der Waals surface area contributed by atoms with Crippen molar-refractivity contribution in [2.24, 2.45) is 10.9 Å². The van der Waals surface area contributed by atoms with Crippen molar-refractivity contribution in [1.82, 2.24) is 20.3 Å². The molecule has 1 saturated carbocycles. The van der Waals surface area contributed by atoms with Crippen LogP contribution in [0.2, 0.25) is 0 Å². The van der Waals surface area contributed by atoms with Crippen LogP contribution >= 0.6 is 15.9 Å². The molecule has 0 spiro atoms. The molecule has 0 bridgehead atoms. The van der Waals surface area contributed by atoms with Crippen LogP contribution in [0.25, 0.3) is 11.0 Å². The number of aromatic nitrogens is 3. The second kappa shape index (κ2) is 9.38. The third-order valence-corrected chi connectivity index (χ3v) is 5.09. The van der Waals surface area contributed by atoms with Gasteiger partial charge in [-0.25, -0.2) is 18.5 Å². The highest BCUT2D eigenvalue weighted by Crippen LogP contribution is 2.35. The summed E-state index contributed by atoms with van der Waals surface area (Å²) in [5, 5.41) is 11.2. The zero-order valence-electron chi connectivity index (χ0n) is 15.5.